The second kappa shape index (κ2) is 7.83. The number of carbonyl (C=O) groups excluding carboxylic acids is 2. The van der Waals surface area contributed by atoms with E-state index in [1.165, 1.54) is 7.11 Å². The normalized spacial score (nSPS) is 15.8. The molecule has 1 fully saturated rings. The highest BCUT2D eigenvalue weighted by Gasteiger charge is 2.26. The van der Waals surface area contributed by atoms with Crippen molar-refractivity contribution in [2.75, 3.05) is 27.2 Å². The van der Waals surface area contributed by atoms with Gasteiger partial charge in [0.15, 0.2) is 0 Å². The third-order valence-corrected chi connectivity index (χ3v) is 5.19. The van der Waals surface area contributed by atoms with Gasteiger partial charge in [-0.2, -0.15) is 0 Å². The Morgan fingerprint density at radius 2 is 1.96 bits per heavy atom. The Kier molecular flexibility index (Phi) is 5.52. The summed E-state index contributed by atoms with van der Waals surface area (Å²) in [5.74, 6) is -0.168. The first-order valence-electron chi connectivity index (χ1n) is 8.95. The Morgan fingerprint density at radius 3 is 2.62 bits per heavy atom. The van der Waals surface area contributed by atoms with Crippen molar-refractivity contribution in [1.29, 1.82) is 0 Å². The lowest BCUT2D eigenvalue weighted by Crippen LogP contribution is -2.39. The number of nitrogens with one attached hydrogen (secondary N) is 1. The van der Waals surface area contributed by atoms with Gasteiger partial charge in [0, 0.05) is 24.9 Å². The van der Waals surface area contributed by atoms with Crippen molar-refractivity contribution in [1.82, 2.24) is 15.2 Å². The van der Waals surface area contributed by atoms with Crippen LogP contribution in [0.4, 0.5) is 0 Å². The first-order chi connectivity index (χ1) is 12.5. The summed E-state index contributed by atoms with van der Waals surface area (Å²) >= 11 is 0. The number of aromatic nitrogens is 1. The van der Waals surface area contributed by atoms with Crippen molar-refractivity contribution in [3.05, 3.63) is 41.1 Å². The topological polar surface area (TPSA) is 71.5 Å². The van der Waals surface area contributed by atoms with E-state index in [1.54, 1.807) is 7.05 Å². The highest BCUT2D eigenvalue weighted by Crippen LogP contribution is 2.26. The van der Waals surface area contributed by atoms with Crippen LogP contribution in [-0.4, -0.2) is 49.0 Å². The molecule has 2 aromatic rings. The van der Waals surface area contributed by atoms with Gasteiger partial charge in [-0.05, 0) is 44.5 Å². The van der Waals surface area contributed by atoms with Gasteiger partial charge in [0.2, 0.25) is 5.91 Å². The van der Waals surface area contributed by atoms with Crippen LogP contribution in [0.2, 0.25) is 0 Å². The SMILES string of the molecule is CNC(=O)C1CCN(Cc2nc3ccccc3c(C)c2C(=O)OC)CC1. The van der Waals surface area contributed by atoms with Gasteiger partial charge in [-0.1, -0.05) is 18.2 Å². The fourth-order valence-electron chi connectivity index (χ4n) is 3.70. The molecule has 0 unspecified atom stereocenters. The number of carbonyl (C=O) groups is 2. The van der Waals surface area contributed by atoms with Crippen LogP contribution in [0.5, 0.6) is 0 Å². The van der Waals surface area contributed by atoms with E-state index in [0.717, 1.165) is 48.1 Å². The third kappa shape index (κ3) is 3.55. The van der Waals surface area contributed by atoms with E-state index in [4.69, 9.17) is 9.72 Å². The summed E-state index contributed by atoms with van der Waals surface area (Å²) in [5, 5.41) is 3.70. The van der Waals surface area contributed by atoms with Crippen LogP contribution in [-0.2, 0) is 16.1 Å². The molecule has 0 aliphatic carbocycles. The van der Waals surface area contributed by atoms with Gasteiger partial charge in [0.25, 0.3) is 0 Å². The summed E-state index contributed by atoms with van der Waals surface area (Å²) in [5.41, 5.74) is 3.08. The zero-order valence-corrected chi connectivity index (χ0v) is 15.5. The maximum atomic E-state index is 12.4. The molecule has 0 radical (unpaired) electrons. The number of rotatable bonds is 4. The molecule has 0 atom stereocenters. The second-order valence-electron chi connectivity index (χ2n) is 6.73. The van der Waals surface area contributed by atoms with Gasteiger partial charge in [-0.15, -0.1) is 0 Å². The van der Waals surface area contributed by atoms with Crippen molar-refractivity contribution < 1.29 is 14.3 Å². The molecule has 1 aromatic carbocycles. The minimum atomic E-state index is -0.351. The largest absolute Gasteiger partial charge is 0.465 e. The van der Waals surface area contributed by atoms with Crippen LogP contribution in [0.3, 0.4) is 0 Å². The average molecular weight is 355 g/mol. The standard InChI is InChI=1S/C20H25N3O3/c1-13-15-6-4-5-7-16(15)22-17(18(13)20(25)26-3)12-23-10-8-14(9-11-23)19(24)21-2/h4-7,14H,8-12H2,1-3H3,(H,21,24). The van der Waals surface area contributed by atoms with E-state index in [9.17, 15) is 9.59 Å². The Bertz CT molecular complexity index is 826. The minimum absolute atomic E-state index is 0.0719. The summed E-state index contributed by atoms with van der Waals surface area (Å²) in [6.07, 6.45) is 1.64. The van der Waals surface area contributed by atoms with Crippen molar-refractivity contribution in [3.8, 4) is 0 Å². The average Bonchev–Trinajstić information content (AvgIpc) is 2.67. The number of ether oxygens (including phenoxy) is 1. The number of piperidine rings is 1. The van der Waals surface area contributed by atoms with Crippen molar-refractivity contribution in [3.63, 3.8) is 0 Å². The zero-order chi connectivity index (χ0) is 18.7. The molecule has 0 spiro atoms. The predicted molar refractivity (Wildman–Crippen MR) is 99.9 cm³/mol. The number of methoxy groups -OCH3 is 1. The minimum Gasteiger partial charge on any atom is -0.465 e. The van der Waals surface area contributed by atoms with E-state index in [2.05, 4.69) is 10.2 Å². The number of fused-ring (bicyclic) bond motifs is 1. The van der Waals surface area contributed by atoms with Crippen LogP contribution in [0, 0.1) is 12.8 Å². The van der Waals surface area contributed by atoms with Gasteiger partial charge >= 0.3 is 5.97 Å². The van der Waals surface area contributed by atoms with Crippen LogP contribution < -0.4 is 5.32 Å². The van der Waals surface area contributed by atoms with Crippen LogP contribution in [0.15, 0.2) is 24.3 Å². The first-order valence-corrected chi connectivity index (χ1v) is 8.95. The first kappa shape index (κ1) is 18.3. The highest BCUT2D eigenvalue weighted by molar-refractivity contribution is 5.98. The molecular formula is C20H25N3O3. The van der Waals surface area contributed by atoms with Gasteiger partial charge in [-0.3, -0.25) is 14.7 Å². The van der Waals surface area contributed by atoms with Gasteiger partial charge in [-0.25, -0.2) is 4.79 Å². The van der Waals surface area contributed by atoms with E-state index < -0.39 is 0 Å². The zero-order valence-electron chi connectivity index (χ0n) is 15.5. The van der Waals surface area contributed by atoms with E-state index in [0.29, 0.717) is 12.1 Å². The molecule has 6 heteroatoms. The molecule has 1 N–H and O–H groups in total. The smallest absolute Gasteiger partial charge is 0.340 e. The molecule has 1 aliphatic rings. The number of para-hydroxylation sites is 1. The molecule has 1 aromatic heterocycles. The Hall–Kier alpha value is -2.47. The van der Waals surface area contributed by atoms with Gasteiger partial charge < -0.3 is 10.1 Å². The summed E-state index contributed by atoms with van der Waals surface area (Å²) in [6, 6.07) is 7.83. The maximum absolute atomic E-state index is 12.4. The van der Waals surface area contributed by atoms with Crippen molar-refractivity contribution in [2.45, 2.75) is 26.3 Å². The van der Waals surface area contributed by atoms with Crippen molar-refractivity contribution in [2.24, 2.45) is 5.92 Å². The molecule has 138 valence electrons. The van der Waals surface area contributed by atoms with Crippen molar-refractivity contribution >= 4 is 22.8 Å². The van der Waals surface area contributed by atoms with Crippen LogP contribution in [0.25, 0.3) is 10.9 Å². The second-order valence-corrected chi connectivity index (χ2v) is 6.73. The molecule has 1 amide bonds. The summed E-state index contributed by atoms with van der Waals surface area (Å²) in [7, 11) is 3.08. The molecule has 1 saturated heterocycles. The molecule has 2 heterocycles. The molecule has 3 rings (SSSR count). The third-order valence-electron chi connectivity index (χ3n) is 5.19. The number of amides is 1. The number of benzene rings is 1. The van der Waals surface area contributed by atoms with Gasteiger partial charge in [0.1, 0.15) is 0 Å². The van der Waals surface area contributed by atoms with Crippen LogP contribution >= 0.6 is 0 Å². The lowest BCUT2D eigenvalue weighted by molar-refractivity contribution is -0.125. The number of hydrogen-bond donors (Lipinski definition) is 1. The Labute approximate surface area is 153 Å². The fraction of sp³-hybridized carbons (Fsp3) is 0.450. The highest BCUT2D eigenvalue weighted by atomic mass is 16.5. The molecule has 0 bridgehead atoms. The molecule has 6 nitrogen and oxygen atoms in total. The maximum Gasteiger partial charge on any atom is 0.340 e. The molecule has 26 heavy (non-hydrogen) atoms. The van der Waals surface area contributed by atoms with Gasteiger partial charge in [0.05, 0.1) is 23.9 Å². The fourth-order valence-corrected chi connectivity index (χ4v) is 3.70. The Balaban J connectivity index is 1.87. The predicted octanol–water partition coefficient (Wildman–Crippen LogP) is 2.29. The summed E-state index contributed by atoms with van der Waals surface area (Å²) in [6.45, 7) is 4.15. The number of pyridine rings is 1. The summed E-state index contributed by atoms with van der Waals surface area (Å²) in [4.78, 5) is 31.2. The number of aryl methyl sites for hydroxylation is 1. The van der Waals surface area contributed by atoms with E-state index in [1.807, 2.05) is 31.2 Å². The summed E-state index contributed by atoms with van der Waals surface area (Å²) < 4.78 is 5.01. The molecule has 1 aliphatic heterocycles. The monoisotopic (exact) mass is 355 g/mol. The number of likely N-dealkylation sites (tertiary alicyclic amines) is 1. The number of hydrogen-bond acceptors (Lipinski definition) is 5. The van der Waals surface area contributed by atoms with E-state index in [-0.39, 0.29) is 17.8 Å². The molecular weight excluding hydrogens is 330 g/mol. The lowest BCUT2D eigenvalue weighted by atomic mass is 9.95. The Morgan fingerprint density at radius 1 is 1.27 bits per heavy atom. The van der Waals surface area contributed by atoms with Crippen LogP contribution in [0.1, 0.15) is 34.5 Å². The quantitative estimate of drug-likeness (QED) is 0.852. The van der Waals surface area contributed by atoms with E-state index >= 15 is 0 Å². The lowest BCUT2D eigenvalue weighted by Gasteiger charge is -2.31. The molecule has 0 saturated carbocycles. The number of nitrogens with zero attached hydrogens (tertiary/aromatic N) is 2. The number of esters is 1.